The number of carbonyl (C=O) groups is 3. The van der Waals surface area contributed by atoms with E-state index in [2.05, 4.69) is 0 Å². The Labute approximate surface area is 190 Å². The summed E-state index contributed by atoms with van der Waals surface area (Å²) < 4.78 is 5.23. The number of hydrogen-bond acceptors (Lipinski definition) is 5. The maximum atomic E-state index is 12.9. The number of anilines is 1. The quantitative estimate of drug-likeness (QED) is 0.370. The lowest BCUT2D eigenvalue weighted by Crippen LogP contribution is -2.35. The molecule has 3 rings (SSSR count). The van der Waals surface area contributed by atoms with Gasteiger partial charge >= 0.3 is 5.97 Å². The van der Waals surface area contributed by atoms with E-state index >= 15 is 0 Å². The highest BCUT2D eigenvalue weighted by atomic mass is 35.5. The monoisotopic (exact) mass is 446 g/mol. The summed E-state index contributed by atoms with van der Waals surface area (Å²) in [6.45, 7) is -0.356. The minimum Gasteiger partial charge on any atom is -0.452 e. The Morgan fingerprint density at radius 1 is 0.875 bits per heavy atom. The molecule has 0 atom stereocenters. The molecule has 0 unspecified atom stereocenters. The minimum atomic E-state index is -0.787. The molecule has 0 saturated carbocycles. The van der Waals surface area contributed by atoms with Gasteiger partial charge in [0.25, 0.3) is 5.91 Å². The van der Waals surface area contributed by atoms with E-state index in [0.717, 1.165) is 0 Å². The Bertz CT molecular complexity index is 1150. The second kappa shape index (κ2) is 10.9. The van der Waals surface area contributed by atoms with E-state index in [4.69, 9.17) is 21.6 Å². The van der Waals surface area contributed by atoms with Crippen molar-refractivity contribution in [2.75, 3.05) is 18.1 Å². The number of halogens is 1. The molecule has 0 bridgehead atoms. The van der Waals surface area contributed by atoms with Crippen molar-refractivity contribution in [1.82, 2.24) is 0 Å². The van der Waals surface area contributed by atoms with Crippen LogP contribution in [0.15, 0.2) is 78.9 Å². The van der Waals surface area contributed by atoms with Crippen LogP contribution in [-0.2, 0) is 9.53 Å². The lowest BCUT2D eigenvalue weighted by atomic mass is 9.98. The second-order valence-electron chi connectivity index (χ2n) is 6.75. The first kappa shape index (κ1) is 22.7. The second-order valence-corrected chi connectivity index (χ2v) is 7.18. The predicted octanol–water partition coefficient (Wildman–Crippen LogP) is 4.67. The first-order valence-electron chi connectivity index (χ1n) is 9.80. The number of nitrogens with zero attached hydrogens (tertiary/aromatic N) is 2. The van der Waals surface area contributed by atoms with Gasteiger partial charge in [-0.3, -0.25) is 9.59 Å². The SMILES string of the molecule is N#CCCN(C(=O)COC(=O)c1ccccc1C(=O)c1ccc(Cl)cc1)c1ccccc1. The van der Waals surface area contributed by atoms with Crippen LogP contribution in [0.2, 0.25) is 5.02 Å². The number of ether oxygens (including phenoxy) is 1. The lowest BCUT2D eigenvalue weighted by Gasteiger charge is -2.21. The normalized spacial score (nSPS) is 10.1. The Morgan fingerprint density at radius 3 is 2.16 bits per heavy atom. The Kier molecular flexibility index (Phi) is 7.74. The summed E-state index contributed by atoms with van der Waals surface area (Å²) in [4.78, 5) is 39.7. The van der Waals surface area contributed by atoms with Crippen molar-refractivity contribution < 1.29 is 19.1 Å². The van der Waals surface area contributed by atoms with E-state index in [1.54, 1.807) is 60.7 Å². The Morgan fingerprint density at radius 2 is 1.50 bits per heavy atom. The Hall–Kier alpha value is -3.95. The van der Waals surface area contributed by atoms with Crippen LogP contribution < -0.4 is 4.90 Å². The zero-order chi connectivity index (χ0) is 22.9. The van der Waals surface area contributed by atoms with E-state index < -0.39 is 18.5 Å². The summed E-state index contributed by atoms with van der Waals surface area (Å²) in [7, 11) is 0. The van der Waals surface area contributed by atoms with Crippen LogP contribution in [0.5, 0.6) is 0 Å². The third-order valence-corrected chi connectivity index (χ3v) is 4.89. The van der Waals surface area contributed by atoms with Gasteiger partial charge in [0.05, 0.1) is 18.1 Å². The molecule has 6 nitrogen and oxygen atoms in total. The number of esters is 1. The van der Waals surface area contributed by atoms with E-state index in [-0.39, 0.29) is 29.9 Å². The summed E-state index contributed by atoms with van der Waals surface area (Å²) in [5.74, 6) is -1.62. The fourth-order valence-electron chi connectivity index (χ4n) is 3.07. The highest BCUT2D eigenvalue weighted by molar-refractivity contribution is 6.30. The van der Waals surface area contributed by atoms with Crippen molar-refractivity contribution in [2.45, 2.75) is 6.42 Å². The van der Waals surface area contributed by atoms with Gasteiger partial charge in [0.2, 0.25) is 0 Å². The van der Waals surface area contributed by atoms with Crippen LogP contribution in [0.1, 0.15) is 32.7 Å². The van der Waals surface area contributed by atoms with Crippen LogP contribution in [0, 0.1) is 11.3 Å². The first-order valence-corrected chi connectivity index (χ1v) is 10.2. The standard InChI is InChI=1S/C25H19ClN2O4/c26-19-13-11-18(12-14-19)24(30)21-9-4-5-10-22(21)25(31)32-17-23(29)28(16-6-15-27)20-7-2-1-3-8-20/h1-5,7-14H,6,16-17H2. The molecule has 0 spiro atoms. The summed E-state index contributed by atoms with van der Waals surface area (Å²) in [6.07, 6.45) is 0.132. The fourth-order valence-corrected chi connectivity index (χ4v) is 3.19. The molecule has 3 aromatic carbocycles. The molecule has 0 aliphatic heterocycles. The molecule has 0 heterocycles. The summed E-state index contributed by atoms with van der Waals surface area (Å²) in [5, 5.41) is 9.38. The van der Waals surface area contributed by atoms with Crippen molar-refractivity contribution in [1.29, 1.82) is 5.26 Å². The molecule has 3 aromatic rings. The molecular formula is C25H19ClN2O4. The largest absolute Gasteiger partial charge is 0.452 e. The predicted molar refractivity (Wildman–Crippen MR) is 121 cm³/mol. The molecule has 0 saturated heterocycles. The number of rotatable bonds is 8. The van der Waals surface area contributed by atoms with Crippen molar-refractivity contribution in [3.8, 4) is 6.07 Å². The van der Waals surface area contributed by atoms with Gasteiger partial charge in [-0.15, -0.1) is 0 Å². The van der Waals surface area contributed by atoms with Gasteiger partial charge in [-0.05, 0) is 42.5 Å². The number of amides is 1. The zero-order valence-electron chi connectivity index (χ0n) is 17.0. The molecule has 0 fully saturated rings. The summed E-state index contributed by atoms with van der Waals surface area (Å²) >= 11 is 5.88. The van der Waals surface area contributed by atoms with Gasteiger partial charge in [-0.25, -0.2) is 4.79 Å². The van der Waals surface area contributed by atoms with E-state index in [0.29, 0.717) is 16.3 Å². The maximum Gasteiger partial charge on any atom is 0.339 e. The fraction of sp³-hybridized carbons (Fsp3) is 0.120. The molecular weight excluding hydrogens is 428 g/mol. The smallest absolute Gasteiger partial charge is 0.339 e. The molecule has 0 N–H and O–H groups in total. The molecule has 0 aliphatic rings. The first-order chi connectivity index (χ1) is 15.5. The number of benzene rings is 3. The zero-order valence-corrected chi connectivity index (χ0v) is 17.8. The van der Waals surface area contributed by atoms with Crippen LogP contribution in [-0.4, -0.2) is 30.8 Å². The van der Waals surface area contributed by atoms with Crippen LogP contribution in [0.4, 0.5) is 5.69 Å². The van der Waals surface area contributed by atoms with E-state index in [1.807, 2.05) is 12.1 Å². The molecule has 0 radical (unpaired) electrons. The minimum absolute atomic E-state index is 0.0588. The van der Waals surface area contributed by atoms with Gasteiger partial charge < -0.3 is 9.64 Å². The van der Waals surface area contributed by atoms with Crippen LogP contribution >= 0.6 is 11.6 Å². The van der Waals surface area contributed by atoms with E-state index in [1.165, 1.54) is 17.0 Å². The molecule has 0 aromatic heterocycles. The highest BCUT2D eigenvalue weighted by Crippen LogP contribution is 2.19. The van der Waals surface area contributed by atoms with Crippen LogP contribution in [0.3, 0.4) is 0 Å². The number of nitriles is 1. The third-order valence-electron chi connectivity index (χ3n) is 4.64. The third kappa shape index (κ3) is 5.60. The van der Waals surface area contributed by atoms with Crippen molar-refractivity contribution in [3.05, 3.63) is 101 Å². The van der Waals surface area contributed by atoms with Gasteiger partial charge in [0.15, 0.2) is 12.4 Å². The summed E-state index contributed by atoms with van der Waals surface area (Å²) in [6, 6.07) is 23.4. The number of para-hydroxylation sites is 1. The average Bonchev–Trinajstić information content (AvgIpc) is 2.83. The van der Waals surface area contributed by atoms with Gasteiger partial charge in [-0.2, -0.15) is 5.26 Å². The number of carbonyl (C=O) groups excluding carboxylic acids is 3. The van der Waals surface area contributed by atoms with Gasteiger partial charge in [0, 0.05) is 28.4 Å². The molecule has 1 amide bonds. The van der Waals surface area contributed by atoms with E-state index in [9.17, 15) is 14.4 Å². The lowest BCUT2D eigenvalue weighted by molar-refractivity contribution is -0.121. The van der Waals surface area contributed by atoms with Gasteiger partial charge in [0.1, 0.15) is 0 Å². The van der Waals surface area contributed by atoms with Crippen LogP contribution in [0.25, 0.3) is 0 Å². The van der Waals surface area contributed by atoms with Crippen molar-refractivity contribution in [2.24, 2.45) is 0 Å². The number of hydrogen-bond donors (Lipinski definition) is 0. The maximum absolute atomic E-state index is 12.9. The molecule has 32 heavy (non-hydrogen) atoms. The average molecular weight is 447 g/mol. The summed E-state index contributed by atoms with van der Waals surface area (Å²) in [5.41, 5.74) is 1.19. The van der Waals surface area contributed by atoms with Crippen molar-refractivity contribution >= 4 is 34.9 Å². The number of ketones is 1. The molecule has 160 valence electrons. The van der Waals surface area contributed by atoms with Crippen molar-refractivity contribution in [3.63, 3.8) is 0 Å². The molecule has 0 aliphatic carbocycles. The highest BCUT2D eigenvalue weighted by Gasteiger charge is 2.22. The topological polar surface area (TPSA) is 87.5 Å². The Balaban J connectivity index is 1.74. The van der Waals surface area contributed by atoms with Gasteiger partial charge in [-0.1, -0.05) is 48.0 Å². The molecule has 7 heteroatoms.